The van der Waals surface area contributed by atoms with E-state index in [2.05, 4.69) is 39.5 Å². The van der Waals surface area contributed by atoms with Crippen LogP contribution in [-0.2, 0) is 20.6 Å². The van der Waals surface area contributed by atoms with Crippen LogP contribution in [0.1, 0.15) is 32.8 Å². The summed E-state index contributed by atoms with van der Waals surface area (Å²) >= 11 is 0. The average Bonchev–Trinajstić information content (AvgIpc) is 2.39. The summed E-state index contributed by atoms with van der Waals surface area (Å²) in [6, 6.07) is 10.1. The van der Waals surface area contributed by atoms with Crippen LogP contribution in [0.3, 0.4) is 0 Å². The van der Waals surface area contributed by atoms with Crippen LogP contribution < -0.4 is 0 Å². The summed E-state index contributed by atoms with van der Waals surface area (Å²) in [5, 5.41) is 0.0760. The van der Waals surface area contributed by atoms with E-state index in [0.29, 0.717) is 25.9 Å². The monoisotopic (exact) mass is 294 g/mol. The molecule has 0 amide bonds. The Kier molecular flexibility index (Phi) is 6.59. The lowest BCUT2D eigenvalue weighted by atomic mass is 10.2. The molecule has 0 aliphatic carbocycles. The van der Waals surface area contributed by atoms with Crippen LogP contribution in [0.5, 0.6) is 0 Å². The molecule has 0 spiro atoms. The van der Waals surface area contributed by atoms with Gasteiger partial charge in [-0.05, 0) is 17.1 Å². The van der Waals surface area contributed by atoms with Gasteiger partial charge in [0.1, 0.15) is 6.29 Å². The molecule has 4 heteroatoms. The molecule has 0 N–H and O–H groups in total. The second kappa shape index (κ2) is 7.72. The summed E-state index contributed by atoms with van der Waals surface area (Å²) in [5.41, 5.74) is 1.17. The Hall–Kier alpha value is -0.973. The first kappa shape index (κ1) is 17.1. The second-order valence-electron chi connectivity index (χ2n) is 6.26. The topological polar surface area (TPSA) is 35.5 Å². The highest BCUT2D eigenvalue weighted by Crippen LogP contribution is 2.37. The summed E-state index contributed by atoms with van der Waals surface area (Å²) in [7, 11) is -2.02. The summed E-state index contributed by atoms with van der Waals surface area (Å²) in [5.74, 6) is 0. The third-order valence-corrected chi connectivity index (χ3v) is 8.50. The number of aldehydes is 1. The zero-order valence-corrected chi connectivity index (χ0v) is 14.0. The third kappa shape index (κ3) is 5.19. The van der Waals surface area contributed by atoms with Gasteiger partial charge in [0.15, 0.2) is 0 Å². The highest BCUT2D eigenvalue weighted by atomic mass is 28.4. The fourth-order valence-electron chi connectivity index (χ4n) is 1.74. The van der Waals surface area contributed by atoms with Gasteiger partial charge in [0.25, 0.3) is 0 Å². The maximum absolute atomic E-state index is 10.4. The molecule has 0 radical (unpaired) electrons. The van der Waals surface area contributed by atoms with Crippen LogP contribution in [-0.4, -0.2) is 27.4 Å². The zero-order valence-electron chi connectivity index (χ0n) is 13.0. The van der Waals surface area contributed by atoms with E-state index in [4.69, 9.17) is 9.16 Å². The molecular weight excluding hydrogens is 268 g/mol. The van der Waals surface area contributed by atoms with Crippen molar-refractivity contribution >= 4 is 14.6 Å². The molecule has 0 saturated heterocycles. The van der Waals surface area contributed by atoms with Gasteiger partial charge in [0, 0.05) is 13.0 Å². The van der Waals surface area contributed by atoms with Gasteiger partial charge < -0.3 is 14.0 Å². The summed E-state index contributed by atoms with van der Waals surface area (Å²) in [6.45, 7) is 9.85. The first-order valence-corrected chi connectivity index (χ1v) is 9.70. The molecule has 20 heavy (non-hydrogen) atoms. The van der Waals surface area contributed by atoms with Gasteiger partial charge in [-0.15, -0.1) is 0 Å². The SMILES string of the molecule is CC(C)(C)[Si](C)(COCc1ccccc1)OCCC=O. The van der Waals surface area contributed by atoms with Crippen molar-refractivity contribution in [2.24, 2.45) is 0 Å². The number of hydrogen-bond donors (Lipinski definition) is 0. The van der Waals surface area contributed by atoms with Crippen molar-refractivity contribution in [3.05, 3.63) is 35.9 Å². The molecule has 3 nitrogen and oxygen atoms in total. The van der Waals surface area contributed by atoms with E-state index in [0.717, 1.165) is 6.29 Å². The Morgan fingerprint density at radius 3 is 2.40 bits per heavy atom. The van der Waals surface area contributed by atoms with E-state index in [1.165, 1.54) is 5.56 Å². The van der Waals surface area contributed by atoms with Crippen LogP contribution in [0.25, 0.3) is 0 Å². The van der Waals surface area contributed by atoms with Gasteiger partial charge in [0.2, 0.25) is 8.32 Å². The van der Waals surface area contributed by atoms with E-state index in [9.17, 15) is 4.79 Å². The quantitative estimate of drug-likeness (QED) is 0.416. The minimum atomic E-state index is -2.02. The highest BCUT2D eigenvalue weighted by molar-refractivity contribution is 6.75. The Balaban J connectivity index is 2.54. The molecule has 0 bridgehead atoms. The maximum atomic E-state index is 10.4. The molecule has 0 aliphatic heterocycles. The van der Waals surface area contributed by atoms with Crippen molar-refractivity contribution in [1.82, 2.24) is 0 Å². The number of carbonyl (C=O) groups is 1. The second-order valence-corrected chi connectivity index (χ2v) is 10.8. The molecule has 1 unspecified atom stereocenters. The summed E-state index contributed by atoms with van der Waals surface area (Å²) in [6.07, 6.45) is 2.00. The molecular formula is C16H26O3Si. The number of ether oxygens (including phenoxy) is 1. The largest absolute Gasteiger partial charge is 0.414 e. The molecule has 0 aliphatic rings. The van der Waals surface area contributed by atoms with Crippen LogP contribution in [0.2, 0.25) is 11.6 Å². The fraction of sp³-hybridized carbons (Fsp3) is 0.562. The molecule has 0 fully saturated rings. The lowest BCUT2D eigenvalue weighted by Gasteiger charge is -2.39. The van der Waals surface area contributed by atoms with Crippen molar-refractivity contribution in [2.45, 2.75) is 45.4 Å². The van der Waals surface area contributed by atoms with Crippen LogP contribution in [0.4, 0.5) is 0 Å². The third-order valence-electron chi connectivity index (χ3n) is 3.73. The van der Waals surface area contributed by atoms with E-state index in [1.807, 2.05) is 18.2 Å². The number of carbonyl (C=O) groups excluding carboxylic acids is 1. The molecule has 0 heterocycles. The van der Waals surface area contributed by atoms with E-state index in [-0.39, 0.29) is 5.04 Å². The Morgan fingerprint density at radius 2 is 1.85 bits per heavy atom. The molecule has 0 saturated carbocycles. The number of benzene rings is 1. The Labute approximate surface area is 123 Å². The molecule has 112 valence electrons. The maximum Gasteiger partial charge on any atom is 0.220 e. The first-order chi connectivity index (χ1) is 9.39. The predicted octanol–water partition coefficient (Wildman–Crippen LogP) is 3.72. The molecule has 1 aromatic carbocycles. The smallest absolute Gasteiger partial charge is 0.220 e. The highest BCUT2D eigenvalue weighted by Gasteiger charge is 2.42. The van der Waals surface area contributed by atoms with Crippen LogP contribution >= 0.6 is 0 Å². The van der Waals surface area contributed by atoms with Crippen molar-refractivity contribution in [3.63, 3.8) is 0 Å². The van der Waals surface area contributed by atoms with E-state index >= 15 is 0 Å². The zero-order chi connectivity index (χ0) is 15.1. The summed E-state index contributed by atoms with van der Waals surface area (Å²) in [4.78, 5) is 10.4. The van der Waals surface area contributed by atoms with Crippen molar-refractivity contribution in [3.8, 4) is 0 Å². The van der Waals surface area contributed by atoms with Gasteiger partial charge in [-0.3, -0.25) is 0 Å². The number of hydrogen-bond acceptors (Lipinski definition) is 3. The molecule has 1 rings (SSSR count). The molecule has 1 atom stereocenters. The lowest BCUT2D eigenvalue weighted by molar-refractivity contribution is -0.108. The van der Waals surface area contributed by atoms with Crippen LogP contribution in [0.15, 0.2) is 30.3 Å². The van der Waals surface area contributed by atoms with Gasteiger partial charge >= 0.3 is 0 Å². The van der Waals surface area contributed by atoms with E-state index in [1.54, 1.807) is 0 Å². The average molecular weight is 294 g/mol. The number of rotatable bonds is 8. The van der Waals surface area contributed by atoms with Gasteiger partial charge in [-0.25, -0.2) is 0 Å². The lowest BCUT2D eigenvalue weighted by Crippen LogP contribution is -2.49. The standard InChI is InChI=1S/C16H26O3Si/c1-16(2,3)20(4,19-12-8-11-17)14-18-13-15-9-6-5-7-10-15/h5-7,9-11H,8,12-14H2,1-4H3. The normalized spacial score (nSPS) is 14.8. The van der Waals surface area contributed by atoms with Crippen molar-refractivity contribution in [2.75, 3.05) is 12.8 Å². The van der Waals surface area contributed by atoms with E-state index < -0.39 is 8.32 Å². The Bertz CT molecular complexity index is 400. The minimum Gasteiger partial charge on any atom is -0.414 e. The van der Waals surface area contributed by atoms with Gasteiger partial charge in [-0.1, -0.05) is 51.1 Å². The van der Waals surface area contributed by atoms with Crippen LogP contribution in [0, 0.1) is 0 Å². The Morgan fingerprint density at radius 1 is 1.20 bits per heavy atom. The fourth-order valence-corrected chi connectivity index (χ4v) is 3.75. The van der Waals surface area contributed by atoms with Gasteiger partial charge in [-0.2, -0.15) is 0 Å². The van der Waals surface area contributed by atoms with Crippen molar-refractivity contribution in [1.29, 1.82) is 0 Å². The van der Waals surface area contributed by atoms with Gasteiger partial charge in [0.05, 0.1) is 12.8 Å². The molecule has 1 aromatic rings. The predicted molar refractivity (Wildman–Crippen MR) is 84.1 cm³/mol. The first-order valence-electron chi connectivity index (χ1n) is 7.08. The minimum absolute atomic E-state index is 0.0760. The summed E-state index contributed by atoms with van der Waals surface area (Å²) < 4.78 is 11.9. The van der Waals surface area contributed by atoms with Crippen molar-refractivity contribution < 1.29 is 14.0 Å². The molecule has 0 aromatic heterocycles.